The molecule has 2 amide bonds. The fraction of sp³-hybridized carbons (Fsp3) is 0.273. The number of nitrogens with zero attached hydrogens (tertiary/aromatic N) is 3. The van der Waals surface area contributed by atoms with Gasteiger partial charge in [0.05, 0.1) is 12.8 Å². The first-order valence-corrected chi connectivity index (χ1v) is 9.49. The van der Waals surface area contributed by atoms with Gasteiger partial charge in [-0.3, -0.25) is 4.68 Å². The third-order valence-electron chi connectivity index (χ3n) is 5.03. The molecule has 0 radical (unpaired) electrons. The lowest BCUT2D eigenvalue weighted by atomic mass is 9.86. The van der Waals surface area contributed by atoms with Crippen molar-refractivity contribution in [2.75, 3.05) is 18.5 Å². The SMILES string of the molecule is CCOc1ccc(NC(=O)N2Cc3ccccc3C(c3cnn(C)c3)C2)cc1. The molecule has 1 aliphatic heterocycles. The Kier molecular flexibility index (Phi) is 5.02. The average Bonchev–Trinajstić information content (AvgIpc) is 3.15. The van der Waals surface area contributed by atoms with Gasteiger partial charge in [-0.1, -0.05) is 24.3 Å². The quantitative estimate of drug-likeness (QED) is 0.749. The second kappa shape index (κ2) is 7.76. The van der Waals surface area contributed by atoms with Gasteiger partial charge in [0.1, 0.15) is 5.75 Å². The van der Waals surface area contributed by atoms with E-state index < -0.39 is 0 Å². The molecule has 0 saturated heterocycles. The van der Waals surface area contributed by atoms with Gasteiger partial charge in [0.2, 0.25) is 0 Å². The van der Waals surface area contributed by atoms with Crippen molar-refractivity contribution in [2.24, 2.45) is 7.05 Å². The minimum Gasteiger partial charge on any atom is -0.494 e. The van der Waals surface area contributed by atoms with Gasteiger partial charge in [0, 0.05) is 37.9 Å². The van der Waals surface area contributed by atoms with Crippen LogP contribution in [0.15, 0.2) is 60.9 Å². The first-order chi connectivity index (χ1) is 13.6. The van der Waals surface area contributed by atoms with Crippen molar-refractivity contribution < 1.29 is 9.53 Å². The highest BCUT2D eigenvalue weighted by Gasteiger charge is 2.29. The fourth-order valence-electron chi connectivity index (χ4n) is 3.67. The first kappa shape index (κ1) is 18.1. The molecule has 0 saturated carbocycles. The molecule has 144 valence electrons. The van der Waals surface area contributed by atoms with Crippen LogP contribution in [0.2, 0.25) is 0 Å². The number of nitrogens with one attached hydrogen (secondary N) is 1. The van der Waals surface area contributed by atoms with Crippen molar-refractivity contribution >= 4 is 11.7 Å². The molecule has 0 spiro atoms. The van der Waals surface area contributed by atoms with Gasteiger partial charge in [-0.05, 0) is 47.9 Å². The maximum atomic E-state index is 12.9. The van der Waals surface area contributed by atoms with E-state index in [4.69, 9.17) is 4.74 Å². The van der Waals surface area contributed by atoms with E-state index in [0.29, 0.717) is 19.7 Å². The zero-order chi connectivity index (χ0) is 19.5. The lowest BCUT2D eigenvalue weighted by molar-refractivity contribution is 0.203. The van der Waals surface area contributed by atoms with Crippen LogP contribution in [0.5, 0.6) is 5.75 Å². The molecule has 1 atom stereocenters. The van der Waals surface area contributed by atoms with Crippen LogP contribution >= 0.6 is 0 Å². The first-order valence-electron chi connectivity index (χ1n) is 9.49. The summed E-state index contributed by atoms with van der Waals surface area (Å²) in [6, 6.07) is 15.7. The molecule has 1 unspecified atom stereocenters. The zero-order valence-corrected chi connectivity index (χ0v) is 16.1. The predicted molar refractivity (Wildman–Crippen MR) is 109 cm³/mol. The van der Waals surface area contributed by atoms with Crippen LogP contribution < -0.4 is 10.1 Å². The standard InChI is InChI=1S/C22H24N4O2/c1-3-28-19-10-8-18(9-11-19)24-22(27)26-14-16-6-4-5-7-20(16)21(15-26)17-12-23-25(2)13-17/h4-13,21H,3,14-15H2,1-2H3,(H,24,27). The predicted octanol–water partition coefficient (Wildman–Crippen LogP) is 4.00. The number of ether oxygens (including phenoxy) is 1. The lowest BCUT2D eigenvalue weighted by Crippen LogP contribution is -2.41. The number of amides is 2. The van der Waals surface area contributed by atoms with Crippen LogP contribution in [0.4, 0.5) is 10.5 Å². The Morgan fingerprint density at radius 3 is 2.71 bits per heavy atom. The topological polar surface area (TPSA) is 59.4 Å². The van der Waals surface area contributed by atoms with Crippen LogP contribution in [0.3, 0.4) is 0 Å². The molecule has 0 fully saturated rings. The monoisotopic (exact) mass is 376 g/mol. The number of anilines is 1. The van der Waals surface area contributed by atoms with Crippen molar-refractivity contribution in [1.29, 1.82) is 0 Å². The number of fused-ring (bicyclic) bond motifs is 1. The van der Waals surface area contributed by atoms with Crippen molar-refractivity contribution in [3.8, 4) is 5.75 Å². The van der Waals surface area contributed by atoms with Crippen LogP contribution in [0.25, 0.3) is 0 Å². The van der Waals surface area contributed by atoms with Crippen LogP contribution in [0.1, 0.15) is 29.5 Å². The summed E-state index contributed by atoms with van der Waals surface area (Å²) in [5, 5.41) is 7.31. The molecule has 2 aromatic carbocycles. The Hall–Kier alpha value is -3.28. The molecule has 1 aromatic heterocycles. The van der Waals surface area contributed by atoms with Gasteiger partial charge in [0.15, 0.2) is 0 Å². The highest BCUT2D eigenvalue weighted by atomic mass is 16.5. The number of carbonyl (C=O) groups is 1. The maximum Gasteiger partial charge on any atom is 0.322 e. The molecule has 0 bridgehead atoms. The van der Waals surface area contributed by atoms with Crippen LogP contribution in [-0.4, -0.2) is 33.9 Å². The molecule has 6 nitrogen and oxygen atoms in total. The molecule has 0 aliphatic carbocycles. The lowest BCUT2D eigenvalue weighted by Gasteiger charge is -2.34. The van der Waals surface area contributed by atoms with E-state index >= 15 is 0 Å². The summed E-state index contributed by atoms with van der Waals surface area (Å²) in [6.07, 6.45) is 3.91. The minimum atomic E-state index is -0.104. The van der Waals surface area contributed by atoms with E-state index in [1.165, 1.54) is 11.1 Å². The number of hydrogen-bond donors (Lipinski definition) is 1. The van der Waals surface area contributed by atoms with Crippen molar-refractivity contribution in [2.45, 2.75) is 19.4 Å². The average molecular weight is 376 g/mol. The third kappa shape index (κ3) is 3.71. The number of aromatic nitrogens is 2. The molecule has 2 heterocycles. The highest BCUT2D eigenvalue weighted by Crippen LogP contribution is 2.33. The summed E-state index contributed by atoms with van der Waals surface area (Å²) in [5.41, 5.74) is 4.31. The summed E-state index contributed by atoms with van der Waals surface area (Å²) in [5.74, 6) is 0.911. The minimum absolute atomic E-state index is 0.104. The van der Waals surface area contributed by atoms with Gasteiger partial charge in [-0.2, -0.15) is 5.10 Å². The number of carbonyl (C=O) groups excluding carboxylic acids is 1. The second-order valence-electron chi connectivity index (χ2n) is 6.97. The summed E-state index contributed by atoms with van der Waals surface area (Å²) in [7, 11) is 1.91. The van der Waals surface area contributed by atoms with Gasteiger partial charge in [0.25, 0.3) is 0 Å². The summed E-state index contributed by atoms with van der Waals surface area (Å²) >= 11 is 0. The largest absolute Gasteiger partial charge is 0.494 e. The van der Waals surface area contributed by atoms with Gasteiger partial charge in [-0.25, -0.2) is 4.79 Å². The number of benzene rings is 2. The number of hydrogen-bond acceptors (Lipinski definition) is 3. The normalized spacial score (nSPS) is 15.8. The second-order valence-corrected chi connectivity index (χ2v) is 6.97. The number of urea groups is 1. The summed E-state index contributed by atoms with van der Waals surface area (Å²) in [6.45, 7) is 3.78. The summed E-state index contributed by atoms with van der Waals surface area (Å²) < 4.78 is 7.26. The fourth-order valence-corrected chi connectivity index (χ4v) is 3.67. The Labute approximate surface area is 164 Å². The van der Waals surface area contributed by atoms with Crippen LogP contribution in [-0.2, 0) is 13.6 Å². The molecular formula is C22H24N4O2. The van der Waals surface area contributed by atoms with E-state index in [1.807, 2.05) is 61.6 Å². The Morgan fingerprint density at radius 1 is 1.21 bits per heavy atom. The molecule has 6 heteroatoms. The van der Waals surface area contributed by atoms with Crippen molar-refractivity contribution in [3.05, 3.63) is 77.6 Å². The van der Waals surface area contributed by atoms with Gasteiger partial charge >= 0.3 is 6.03 Å². The highest BCUT2D eigenvalue weighted by molar-refractivity contribution is 5.89. The van der Waals surface area contributed by atoms with Gasteiger partial charge < -0.3 is 15.0 Å². The smallest absolute Gasteiger partial charge is 0.322 e. The van der Waals surface area contributed by atoms with E-state index in [1.54, 1.807) is 4.68 Å². The Balaban J connectivity index is 1.54. The molecule has 3 aromatic rings. The molecule has 4 rings (SSSR count). The van der Waals surface area contributed by atoms with E-state index in [9.17, 15) is 4.79 Å². The molecule has 28 heavy (non-hydrogen) atoms. The Morgan fingerprint density at radius 2 is 2.00 bits per heavy atom. The van der Waals surface area contributed by atoms with Crippen LogP contribution in [0, 0.1) is 0 Å². The summed E-state index contributed by atoms with van der Waals surface area (Å²) in [4.78, 5) is 14.8. The van der Waals surface area contributed by atoms with E-state index in [0.717, 1.165) is 17.0 Å². The third-order valence-corrected chi connectivity index (χ3v) is 5.03. The van der Waals surface area contributed by atoms with Gasteiger partial charge in [-0.15, -0.1) is 0 Å². The van der Waals surface area contributed by atoms with Crippen molar-refractivity contribution in [3.63, 3.8) is 0 Å². The molecular weight excluding hydrogens is 352 g/mol. The number of aryl methyl sites for hydroxylation is 1. The maximum absolute atomic E-state index is 12.9. The Bertz CT molecular complexity index is 965. The number of rotatable bonds is 4. The van der Waals surface area contributed by atoms with E-state index in [2.05, 4.69) is 28.6 Å². The zero-order valence-electron chi connectivity index (χ0n) is 16.1. The van der Waals surface area contributed by atoms with E-state index in [-0.39, 0.29) is 11.9 Å². The molecule has 1 N–H and O–H groups in total. The molecule has 1 aliphatic rings. The van der Waals surface area contributed by atoms with Crippen molar-refractivity contribution in [1.82, 2.24) is 14.7 Å².